The maximum atomic E-state index is 8.58. The third-order valence-corrected chi connectivity index (χ3v) is 5.47. The second-order valence-electron chi connectivity index (χ2n) is 8.26. The highest BCUT2D eigenvalue weighted by Gasteiger charge is 2.15. The summed E-state index contributed by atoms with van der Waals surface area (Å²) in [6, 6.07) is 6.34. The molecule has 2 aromatic heterocycles. The Labute approximate surface area is 218 Å². The van der Waals surface area contributed by atoms with E-state index >= 15 is 0 Å². The highest BCUT2D eigenvalue weighted by atomic mass is 32.1. The van der Waals surface area contributed by atoms with E-state index in [0.717, 1.165) is 35.1 Å². The smallest absolute Gasteiger partial charge is 0.204 e. The van der Waals surface area contributed by atoms with E-state index in [4.69, 9.17) is 10.2 Å². The maximum Gasteiger partial charge on any atom is 0.204 e. The Balaban J connectivity index is 0. The molecular formula is C29H50N4OS. The molecule has 0 atom stereocenters. The highest BCUT2D eigenvalue weighted by Crippen LogP contribution is 2.29. The molecule has 0 aliphatic carbocycles. The Bertz CT molecular complexity index is 954. The zero-order valence-corrected chi connectivity index (χ0v) is 24.7. The van der Waals surface area contributed by atoms with Gasteiger partial charge in [-0.25, -0.2) is 4.98 Å². The zero-order valence-electron chi connectivity index (χ0n) is 23.9. The van der Waals surface area contributed by atoms with Gasteiger partial charge in [-0.3, -0.25) is 4.79 Å². The van der Waals surface area contributed by atoms with Crippen LogP contribution in [0.1, 0.15) is 102 Å². The molecule has 2 heterocycles. The van der Waals surface area contributed by atoms with Crippen molar-refractivity contribution in [1.29, 1.82) is 5.41 Å². The molecule has 1 aromatic carbocycles. The van der Waals surface area contributed by atoms with Crippen molar-refractivity contribution in [2.75, 3.05) is 0 Å². The molecule has 0 aliphatic rings. The van der Waals surface area contributed by atoms with Gasteiger partial charge in [-0.1, -0.05) is 74.3 Å². The predicted molar refractivity (Wildman–Crippen MR) is 157 cm³/mol. The van der Waals surface area contributed by atoms with Crippen LogP contribution in [0.15, 0.2) is 23.6 Å². The summed E-state index contributed by atoms with van der Waals surface area (Å²) < 4.78 is 2.43. The van der Waals surface area contributed by atoms with Crippen molar-refractivity contribution in [2.24, 2.45) is 11.7 Å². The molecular weight excluding hydrogens is 452 g/mol. The van der Waals surface area contributed by atoms with E-state index in [9.17, 15) is 0 Å². The van der Waals surface area contributed by atoms with Crippen LogP contribution in [0.4, 0.5) is 0 Å². The Morgan fingerprint density at radius 1 is 1.11 bits per heavy atom. The van der Waals surface area contributed by atoms with Gasteiger partial charge in [-0.05, 0) is 55.9 Å². The van der Waals surface area contributed by atoms with E-state index in [1.807, 2.05) is 33.8 Å². The van der Waals surface area contributed by atoms with Crippen LogP contribution in [0.3, 0.4) is 0 Å². The Morgan fingerprint density at radius 3 is 2.14 bits per heavy atom. The summed E-state index contributed by atoms with van der Waals surface area (Å²) in [5, 5.41) is 12.1. The van der Waals surface area contributed by atoms with Crippen molar-refractivity contribution in [1.82, 2.24) is 9.55 Å². The third kappa shape index (κ3) is 12.7. The van der Waals surface area contributed by atoms with Crippen molar-refractivity contribution in [3.8, 4) is 0 Å². The number of thiazole rings is 1. The number of unbranched alkanes of at least 4 members (excludes halogenated alkanes) is 2. The fourth-order valence-corrected chi connectivity index (χ4v) is 3.97. The second-order valence-corrected chi connectivity index (χ2v) is 9.32. The number of aryl methyl sites for hydroxylation is 2. The fraction of sp³-hybridized carbons (Fsp3) is 0.552. The van der Waals surface area contributed by atoms with Crippen LogP contribution in [0, 0.1) is 25.2 Å². The predicted octanol–water partition coefficient (Wildman–Crippen LogP) is 8.31. The third-order valence-electron chi connectivity index (χ3n) is 4.64. The molecule has 0 fully saturated rings. The van der Waals surface area contributed by atoms with E-state index in [-0.39, 0.29) is 6.41 Å². The number of hydrogen-bond donors (Lipinski definition) is 2. The van der Waals surface area contributed by atoms with Gasteiger partial charge < -0.3 is 15.7 Å². The molecule has 3 N–H and O–H groups in total. The van der Waals surface area contributed by atoms with E-state index < -0.39 is 0 Å². The van der Waals surface area contributed by atoms with E-state index in [1.165, 1.54) is 47.6 Å². The minimum atomic E-state index is 0.250. The number of benzene rings is 1. The van der Waals surface area contributed by atoms with Crippen LogP contribution < -0.4 is 5.73 Å². The number of primary amides is 1. The average Bonchev–Trinajstić information content (AvgIpc) is 3.37. The molecule has 0 radical (unpaired) electrons. The van der Waals surface area contributed by atoms with Crippen LogP contribution in [0.25, 0.3) is 10.9 Å². The molecule has 1 amide bonds. The monoisotopic (exact) mass is 502 g/mol. The van der Waals surface area contributed by atoms with Crippen LogP contribution in [-0.4, -0.2) is 22.2 Å². The molecule has 0 bridgehead atoms. The van der Waals surface area contributed by atoms with Gasteiger partial charge in [0, 0.05) is 28.2 Å². The lowest BCUT2D eigenvalue weighted by atomic mass is 10.1. The van der Waals surface area contributed by atoms with Crippen molar-refractivity contribution in [2.45, 2.75) is 101 Å². The number of aromatic nitrogens is 2. The first-order valence-electron chi connectivity index (χ1n) is 13.0. The van der Waals surface area contributed by atoms with Crippen molar-refractivity contribution in [3.05, 3.63) is 51.1 Å². The second kappa shape index (κ2) is 20.9. The lowest BCUT2D eigenvalue weighted by Crippen LogP contribution is -2.06. The maximum absolute atomic E-state index is 8.58. The molecule has 3 rings (SSSR count). The number of carbonyl (C=O) groups is 1. The molecule has 3 aromatic rings. The van der Waals surface area contributed by atoms with Gasteiger partial charge in [0.2, 0.25) is 6.41 Å². The van der Waals surface area contributed by atoms with E-state index in [2.05, 4.69) is 74.3 Å². The highest BCUT2D eigenvalue weighted by molar-refractivity contribution is 7.09. The minimum absolute atomic E-state index is 0.250. The minimum Gasteiger partial charge on any atom is -0.372 e. The summed E-state index contributed by atoms with van der Waals surface area (Å²) in [7, 11) is 0. The molecule has 6 heteroatoms. The number of amides is 1. The number of fused-ring (bicyclic) bond motifs is 1. The Hall–Kier alpha value is -2.47. The lowest BCUT2D eigenvalue weighted by molar-refractivity contribution is -0.106. The zero-order chi connectivity index (χ0) is 27.4. The molecule has 0 aliphatic heterocycles. The van der Waals surface area contributed by atoms with Crippen molar-refractivity contribution < 1.29 is 4.79 Å². The summed E-state index contributed by atoms with van der Waals surface area (Å²) in [4.78, 5) is 13.2. The van der Waals surface area contributed by atoms with Gasteiger partial charge >= 0.3 is 0 Å². The van der Waals surface area contributed by atoms with Crippen LogP contribution >= 0.6 is 11.3 Å². The molecule has 0 spiro atoms. The van der Waals surface area contributed by atoms with Crippen molar-refractivity contribution >= 4 is 34.9 Å². The van der Waals surface area contributed by atoms with Gasteiger partial charge in [0.05, 0.1) is 17.2 Å². The molecule has 35 heavy (non-hydrogen) atoms. The summed E-state index contributed by atoms with van der Waals surface area (Å²) in [5.41, 5.74) is 10.3. The van der Waals surface area contributed by atoms with Crippen molar-refractivity contribution in [3.63, 3.8) is 0 Å². The van der Waals surface area contributed by atoms with Crippen LogP contribution in [0.2, 0.25) is 0 Å². The first-order chi connectivity index (χ1) is 16.8. The van der Waals surface area contributed by atoms with Gasteiger partial charge in [-0.2, -0.15) is 0 Å². The van der Waals surface area contributed by atoms with Crippen LogP contribution in [-0.2, 0) is 17.8 Å². The summed E-state index contributed by atoms with van der Waals surface area (Å²) in [6.45, 7) is 21.9. The van der Waals surface area contributed by atoms with E-state index in [0.29, 0.717) is 0 Å². The van der Waals surface area contributed by atoms with Crippen LogP contribution in [0.5, 0.6) is 0 Å². The standard InChI is InChI=1S/C20H25N3S.C4H10.2C2H6.CH3NO/c1-4-5-6-7-19-14(2)18-10-16(11-21)8-9-20(18)23(19)12-17-13-24-15(3)22-17;1-4(2)3;2*1-2;2-1-3/h8-11,13,21H,4-7,12H2,1-3H3;4H,1-3H3;2*1-2H3;1H,(H2,2,3). The fourth-order valence-electron chi connectivity index (χ4n) is 3.37. The Morgan fingerprint density at radius 2 is 1.69 bits per heavy atom. The number of nitrogens with zero attached hydrogens (tertiary/aromatic N) is 2. The molecule has 5 nitrogen and oxygen atoms in total. The number of rotatable bonds is 7. The average molecular weight is 503 g/mol. The normalized spacial score (nSPS) is 9.46. The number of nitrogens with one attached hydrogen (secondary N) is 1. The summed E-state index contributed by atoms with van der Waals surface area (Å²) in [5.74, 6) is 0.833. The van der Waals surface area contributed by atoms with Gasteiger partial charge in [-0.15, -0.1) is 11.3 Å². The lowest BCUT2D eigenvalue weighted by Gasteiger charge is -2.10. The topological polar surface area (TPSA) is 84.8 Å². The van der Waals surface area contributed by atoms with E-state index in [1.54, 1.807) is 11.3 Å². The molecule has 0 unspecified atom stereocenters. The number of hydrogen-bond acceptors (Lipinski definition) is 4. The summed E-state index contributed by atoms with van der Waals surface area (Å²) in [6.07, 6.45) is 6.51. The molecule has 0 saturated heterocycles. The summed E-state index contributed by atoms with van der Waals surface area (Å²) >= 11 is 1.72. The number of nitrogens with two attached hydrogens (primary N) is 1. The van der Waals surface area contributed by atoms with Gasteiger partial charge in [0.15, 0.2) is 0 Å². The van der Waals surface area contributed by atoms with Gasteiger partial charge in [0.1, 0.15) is 0 Å². The largest absolute Gasteiger partial charge is 0.372 e. The molecule has 0 saturated carbocycles. The first kappa shape index (κ1) is 34.7. The van der Waals surface area contributed by atoms with Gasteiger partial charge in [0.25, 0.3) is 0 Å². The first-order valence-corrected chi connectivity index (χ1v) is 13.8. The Kier molecular flexibility index (Phi) is 20.7. The number of carbonyl (C=O) groups excluding carboxylic acids is 1. The quantitative estimate of drug-likeness (QED) is 0.193. The molecule has 198 valence electrons. The SMILES string of the molecule is CC.CC.CC(C)C.CCCCCc1c(C)c2cc(C=N)ccc2n1Cc1csc(C)n1.NC=O.